The molecule has 0 saturated heterocycles. The Labute approximate surface area is 367 Å². The molecule has 2 atom stereocenters. The van der Waals surface area contributed by atoms with Crippen molar-refractivity contribution in [3.8, 4) is 0 Å². The summed E-state index contributed by atoms with van der Waals surface area (Å²) in [5.74, 6) is -0.542. The van der Waals surface area contributed by atoms with Gasteiger partial charge in [0, 0.05) is 66.2 Å². The van der Waals surface area contributed by atoms with Crippen LogP contribution in [0.4, 0.5) is 26.7 Å². The predicted molar refractivity (Wildman–Crippen MR) is 247 cm³/mol. The van der Waals surface area contributed by atoms with Crippen molar-refractivity contribution in [2.24, 2.45) is 11.8 Å². The summed E-state index contributed by atoms with van der Waals surface area (Å²) in [5, 5.41) is 25.7. The summed E-state index contributed by atoms with van der Waals surface area (Å²) in [6.07, 6.45) is 9.38. The number of benzene rings is 3. The zero-order valence-corrected chi connectivity index (χ0v) is 37.4. The van der Waals surface area contributed by atoms with Crippen LogP contribution in [0.5, 0.6) is 0 Å². The molecule has 0 saturated carbocycles. The molecule has 340 valence electrons. The topological polar surface area (TPSA) is 238 Å². The molecule has 0 bridgehead atoms. The normalized spacial score (nSPS) is 11.1. The van der Waals surface area contributed by atoms with Gasteiger partial charge in [-0.15, -0.1) is 0 Å². The van der Waals surface area contributed by atoms with Crippen LogP contribution in [0.25, 0.3) is 0 Å². The van der Waals surface area contributed by atoms with Gasteiger partial charge in [0.05, 0.1) is 5.56 Å². The number of hydrogen-bond acceptors (Lipinski definition) is 8. The van der Waals surface area contributed by atoms with E-state index in [0.717, 1.165) is 64.2 Å². The van der Waals surface area contributed by atoms with Crippen LogP contribution in [0, 0.1) is 11.8 Å². The molecular formula is C47H69N7O8. The Morgan fingerprint density at radius 2 is 0.790 bits per heavy atom. The van der Waals surface area contributed by atoms with Gasteiger partial charge >= 0.3 is 18.0 Å². The highest BCUT2D eigenvalue weighted by Gasteiger charge is 2.10. The predicted octanol–water partition coefficient (Wildman–Crippen LogP) is 8.43. The number of hydrogen-bond donors (Lipinski definition) is 8. The van der Waals surface area contributed by atoms with Crippen molar-refractivity contribution in [2.75, 3.05) is 42.5 Å². The number of carbonyl (C=O) groups is 7. The van der Waals surface area contributed by atoms with Crippen molar-refractivity contribution in [2.45, 2.75) is 106 Å². The number of Topliss-reactive ketones (excluding diaryl/α,β-unsaturated/α-hetero) is 2. The fourth-order valence-corrected chi connectivity index (χ4v) is 5.31. The van der Waals surface area contributed by atoms with E-state index in [9.17, 15) is 33.6 Å². The minimum atomic E-state index is -1.000. The lowest BCUT2D eigenvalue weighted by Crippen LogP contribution is -2.30. The van der Waals surface area contributed by atoms with Crippen molar-refractivity contribution in [3.63, 3.8) is 0 Å². The minimum Gasteiger partial charge on any atom is -0.478 e. The average Bonchev–Trinajstić information content (AvgIpc) is 3.25. The van der Waals surface area contributed by atoms with Gasteiger partial charge in [0.25, 0.3) is 0 Å². The second kappa shape index (κ2) is 31.6. The fraction of sp³-hybridized carbons (Fsp3) is 0.468. The second-order valence-corrected chi connectivity index (χ2v) is 15.0. The Morgan fingerprint density at radius 1 is 0.484 bits per heavy atom. The zero-order valence-electron chi connectivity index (χ0n) is 37.4. The van der Waals surface area contributed by atoms with Crippen LogP contribution in [0.2, 0.25) is 0 Å². The number of nitrogens with two attached hydrogens (primary N) is 1. The maximum absolute atomic E-state index is 11.8. The molecule has 3 aromatic rings. The number of amides is 6. The number of urea groups is 2. The van der Waals surface area contributed by atoms with Crippen molar-refractivity contribution in [1.82, 2.24) is 21.3 Å². The molecule has 15 heteroatoms. The average molecular weight is 860 g/mol. The molecule has 3 rings (SSSR count). The number of carbonyl (C=O) groups excluding carboxylic acids is 6. The van der Waals surface area contributed by atoms with Crippen LogP contribution in [-0.4, -0.2) is 72.7 Å². The largest absolute Gasteiger partial charge is 0.478 e. The van der Waals surface area contributed by atoms with Gasteiger partial charge in [-0.05, 0) is 125 Å². The summed E-state index contributed by atoms with van der Waals surface area (Å²) in [6.45, 7) is 13.5. The van der Waals surface area contributed by atoms with Crippen LogP contribution in [0.1, 0.15) is 137 Å². The van der Waals surface area contributed by atoms with E-state index in [2.05, 4.69) is 31.9 Å². The Hall–Kier alpha value is -6.25. The molecular weight excluding hydrogens is 791 g/mol. The number of carboxylic acid groups (broad SMARTS) is 1. The van der Waals surface area contributed by atoms with E-state index >= 15 is 0 Å². The van der Waals surface area contributed by atoms with Gasteiger partial charge in [-0.2, -0.15) is 0 Å². The van der Waals surface area contributed by atoms with Gasteiger partial charge in [-0.1, -0.05) is 53.4 Å². The van der Waals surface area contributed by atoms with Gasteiger partial charge in [0.15, 0.2) is 11.6 Å². The number of nitrogen functional groups attached to an aromatic ring is 1. The van der Waals surface area contributed by atoms with E-state index in [1.807, 2.05) is 27.7 Å². The highest BCUT2D eigenvalue weighted by molar-refractivity contribution is 5.96. The number of rotatable bonds is 23. The number of carboxylic acids is 1. The summed E-state index contributed by atoms with van der Waals surface area (Å²) < 4.78 is 0. The Balaban J connectivity index is 0.000000507. The SMILES string of the molecule is CC(=O)c1ccc(N)cc1.CCC(C)C(=O)NCCCCCCNC(=O)Nc1ccc(C(=O)O)cc1.CCC(C)C(=O)NCCCCCCNC(=O)Nc1ccc(C(C)=O)cc1. The van der Waals surface area contributed by atoms with Crippen molar-refractivity contribution in [3.05, 3.63) is 89.5 Å². The summed E-state index contributed by atoms with van der Waals surface area (Å²) in [7, 11) is 0. The maximum atomic E-state index is 11.8. The minimum absolute atomic E-state index is 0.000410. The smallest absolute Gasteiger partial charge is 0.335 e. The first kappa shape index (κ1) is 53.8. The van der Waals surface area contributed by atoms with Gasteiger partial charge in [-0.3, -0.25) is 19.2 Å². The van der Waals surface area contributed by atoms with Crippen molar-refractivity contribution < 1.29 is 38.7 Å². The lowest BCUT2D eigenvalue weighted by atomic mass is 10.1. The van der Waals surface area contributed by atoms with E-state index in [-0.39, 0.29) is 52.8 Å². The number of unbranched alkanes of at least 4 members (excludes halogenated alkanes) is 6. The molecule has 0 aliphatic heterocycles. The van der Waals surface area contributed by atoms with Gasteiger partial charge < -0.3 is 42.7 Å². The summed E-state index contributed by atoms with van der Waals surface area (Å²) in [4.78, 5) is 79.4. The molecule has 3 aromatic carbocycles. The Kier molecular flexibility index (Phi) is 27.4. The van der Waals surface area contributed by atoms with E-state index in [4.69, 9.17) is 10.8 Å². The van der Waals surface area contributed by atoms with Crippen LogP contribution in [0.3, 0.4) is 0 Å². The molecule has 0 aliphatic rings. The molecule has 6 amide bonds. The zero-order chi connectivity index (χ0) is 46.3. The van der Waals surface area contributed by atoms with Crippen molar-refractivity contribution in [1.29, 1.82) is 0 Å². The Bertz CT molecular complexity index is 1710. The first-order chi connectivity index (χ1) is 29.6. The quantitative estimate of drug-likeness (QED) is 0.0259. The van der Waals surface area contributed by atoms with E-state index in [1.165, 1.54) is 26.0 Å². The number of aromatic carboxylic acids is 1. The molecule has 15 nitrogen and oxygen atoms in total. The van der Waals surface area contributed by atoms with Crippen LogP contribution in [0.15, 0.2) is 72.8 Å². The van der Waals surface area contributed by atoms with E-state index in [0.29, 0.717) is 54.4 Å². The highest BCUT2D eigenvalue weighted by atomic mass is 16.4. The van der Waals surface area contributed by atoms with Crippen molar-refractivity contribution >= 4 is 58.5 Å². The molecule has 62 heavy (non-hydrogen) atoms. The third-order valence-corrected chi connectivity index (χ3v) is 9.75. The van der Waals surface area contributed by atoms with E-state index < -0.39 is 5.97 Å². The van der Waals surface area contributed by atoms with E-state index in [1.54, 1.807) is 60.7 Å². The third kappa shape index (κ3) is 24.7. The summed E-state index contributed by atoms with van der Waals surface area (Å²) >= 11 is 0. The fourth-order valence-electron chi connectivity index (χ4n) is 5.31. The lowest BCUT2D eigenvalue weighted by Gasteiger charge is -2.10. The standard InChI is InChI=1S/C20H31N3O3.C19H29N3O4.C8H9NO/c1-4-15(2)19(25)21-13-7-5-6-8-14-22-20(26)23-18-11-9-17(10-12-18)16(3)24;1-3-14(2)17(23)20-12-6-4-5-7-13-21-19(26)22-16-10-8-15(9-11-16)18(24)25;1-6(10)7-2-4-8(9)5-3-7/h9-12,15H,4-8,13-14H2,1-3H3,(H,21,25)(H2,22,23,26);8-11,14H,3-7,12-13H2,1-2H3,(H,20,23)(H,24,25)(H2,21,22,26);2-5H,9H2,1H3. The van der Waals surface area contributed by atoms with Gasteiger partial charge in [0.2, 0.25) is 11.8 Å². The van der Waals surface area contributed by atoms with Crippen LogP contribution < -0.4 is 37.6 Å². The maximum Gasteiger partial charge on any atom is 0.335 e. The van der Waals surface area contributed by atoms with Crippen LogP contribution >= 0.6 is 0 Å². The highest BCUT2D eigenvalue weighted by Crippen LogP contribution is 2.11. The van der Waals surface area contributed by atoms with Gasteiger partial charge in [-0.25, -0.2) is 14.4 Å². The summed E-state index contributed by atoms with van der Waals surface area (Å²) in [5.41, 5.74) is 8.81. The van der Waals surface area contributed by atoms with Gasteiger partial charge in [0.1, 0.15) is 0 Å². The summed E-state index contributed by atoms with van der Waals surface area (Å²) in [6, 6.07) is 19.1. The molecule has 9 N–H and O–H groups in total. The molecule has 0 fully saturated rings. The first-order valence-electron chi connectivity index (χ1n) is 21.5. The molecule has 2 unspecified atom stereocenters. The number of anilines is 3. The molecule has 0 spiro atoms. The molecule has 0 aromatic heterocycles. The second-order valence-electron chi connectivity index (χ2n) is 15.0. The van der Waals surface area contributed by atoms with Crippen LogP contribution in [-0.2, 0) is 9.59 Å². The third-order valence-electron chi connectivity index (χ3n) is 9.75. The molecule has 0 heterocycles. The molecule has 0 radical (unpaired) electrons. The molecule has 0 aliphatic carbocycles. The lowest BCUT2D eigenvalue weighted by molar-refractivity contribution is -0.125. The first-order valence-corrected chi connectivity index (χ1v) is 21.5. The monoisotopic (exact) mass is 860 g/mol. The Morgan fingerprint density at radius 3 is 1.10 bits per heavy atom. The number of nitrogens with one attached hydrogen (secondary N) is 6. The number of ketones is 2.